The highest BCUT2D eigenvalue weighted by Crippen LogP contribution is 2.28. The largest absolute Gasteiger partial charge is 0.450 e. The first-order valence-electron chi connectivity index (χ1n) is 12.2. The molecule has 0 amide bonds. The summed E-state index contributed by atoms with van der Waals surface area (Å²) in [6.07, 6.45) is 2.34. The highest BCUT2D eigenvalue weighted by molar-refractivity contribution is 6.75. The third kappa shape index (κ3) is 8.84. The Bertz CT molecular complexity index is 930. The van der Waals surface area contributed by atoms with Crippen molar-refractivity contribution in [3.63, 3.8) is 0 Å². The molecule has 0 fully saturated rings. The standard InChI is InChI=1S/C29H47N2Si2/c1-28(2,3)24-17-13-22(14-18-24)26(30-32(7,8)9)21-27(31-33(10,11)12)23-15-19-25(20-16-23)29(4,5)6/h13-21,30-31H,1-12H3/q-1/b26-21-. The molecule has 0 atom stereocenters. The van der Waals surface area contributed by atoms with Crippen LogP contribution in [-0.2, 0) is 10.8 Å². The zero-order valence-corrected chi connectivity index (χ0v) is 25.2. The molecule has 0 aromatic heterocycles. The summed E-state index contributed by atoms with van der Waals surface area (Å²) in [5.41, 5.74) is 6.72. The lowest BCUT2D eigenvalue weighted by Crippen LogP contribution is -2.44. The van der Waals surface area contributed by atoms with Gasteiger partial charge in [-0.25, -0.2) is 0 Å². The van der Waals surface area contributed by atoms with Gasteiger partial charge in [-0.2, -0.15) is 0 Å². The summed E-state index contributed by atoms with van der Waals surface area (Å²) < 4.78 is 0. The molecule has 4 heteroatoms. The SMILES string of the molecule is CC(C)(C)c1ccc(/C(=C/[C-](N[Si](C)(C)C)c2ccc(C(C)(C)C)cc2)N[Si](C)(C)C)cc1. The van der Waals surface area contributed by atoms with Crippen LogP contribution in [0.3, 0.4) is 0 Å². The third-order valence-corrected chi connectivity index (χ3v) is 7.47. The average Bonchev–Trinajstić information content (AvgIpc) is 2.63. The number of benzene rings is 2. The molecule has 2 rings (SSSR count). The Morgan fingerprint density at radius 1 is 0.667 bits per heavy atom. The van der Waals surface area contributed by atoms with Gasteiger partial charge < -0.3 is 9.96 Å². The monoisotopic (exact) mass is 479 g/mol. The van der Waals surface area contributed by atoms with E-state index in [1.165, 1.54) is 34.0 Å². The van der Waals surface area contributed by atoms with Crippen molar-refractivity contribution >= 4 is 22.2 Å². The minimum atomic E-state index is -1.56. The van der Waals surface area contributed by atoms with Gasteiger partial charge in [0.15, 0.2) is 0 Å². The molecule has 0 spiro atoms. The van der Waals surface area contributed by atoms with Crippen LogP contribution < -0.4 is 9.96 Å². The number of rotatable bonds is 7. The van der Waals surface area contributed by atoms with E-state index in [1.54, 1.807) is 0 Å². The van der Waals surface area contributed by atoms with Crippen LogP contribution in [0.5, 0.6) is 0 Å². The quantitative estimate of drug-likeness (QED) is 0.310. The molecule has 2 aromatic carbocycles. The van der Waals surface area contributed by atoms with E-state index in [-0.39, 0.29) is 10.8 Å². The molecule has 0 saturated carbocycles. The lowest BCUT2D eigenvalue weighted by molar-refractivity contribution is 0.590. The lowest BCUT2D eigenvalue weighted by atomic mass is 9.86. The highest BCUT2D eigenvalue weighted by Gasteiger charge is 2.20. The number of hydrogen-bond donors (Lipinski definition) is 2. The zero-order valence-electron chi connectivity index (χ0n) is 23.2. The molecule has 2 N–H and O–H groups in total. The van der Waals surface area contributed by atoms with Gasteiger partial charge in [0.25, 0.3) is 0 Å². The van der Waals surface area contributed by atoms with E-state index in [9.17, 15) is 0 Å². The average molecular weight is 480 g/mol. The molecule has 2 aromatic rings. The molecule has 2 nitrogen and oxygen atoms in total. The van der Waals surface area contributed by atoms with Crippen molar-refractivity contribution in [1.82, 2.24) is 9.96 Å². The molecule has 182 valence electrons. The van der Waals surface area contributed by atoms with Crippen molar-refractivity contribution in [2.75, 3.05) is 0 Å². The van der Waals surface area contributed by atoms with Gasteiger partial charge in [0.1, 0.15) is 16.5 Å². The first kappa shape index (κ1) is 27.5. The fourth-order valence-corrected chi connectivity index (χ4v) is 5.68. The Morgan fingerprint density at radius 2 is 1.09 bits per heavy atom. The lowest BCUT2D eigenvalue weighted by Gasteiger charge is -2.34. The Labute approximate surface area is 206 Å². The maximum atomic E-state index is 3.91. The Kier molecular flexibility index (Phi) is 8.20. The van der Waals surface area contributed by atoms with E-state index in [0.717, 1.165) is 0 Å². The van der Waals surface area contributed by atoms with Crippen molar-refractivity contribution in [3.05, 3.63) is 82.9 Å². The van der Waals surface area contributed by atoms with Crippen molar-refractivity contribution in [1.29, 1.82) is 0 Å². The topological polar surface area (TPSA) is 24.1 Å². The second-order valence-corrected chi connectivity index (χ2v) is 22.9. The van der Waals surface area contributed by atoms with Crippen LogP contribution in [0.25, 0.3) is 5.70 Å². The predicted octanol–water partition coefficient (Wildman–Crippen LogP) is 8.05. The van der Waals surface area contributed by atoms with E-state index >= 15 is 0 Å². The van der Waals surface area contributed by atoms with E-state index in [0.29, 0.717) is 0 Å². The Hall–Kier alpha value is -1.76. The molecule has 0 bridgehead atoms. The molecule has 0 unspecified atom stereocenters. The molecule has 0 aliphatic heterocycles. The summed E-state index contributed by atoms with van der Waals surface area (Å²) in [5, 5.41) is 0. The second-order valence-electron chi connectivity index (χ2n) is 13.4. The van der Waals surface area contributed by atoms with Crippen molar-refractivity contribution < 1.29 is 0 Å². The van der Waals surface area contributed by atoms with Crippen LogP contribution in [0.4, 0.5) is 0 Å². The van der Waals surface area contributed by atoms with Crippen LogP contribution in [0.15, 0.2) is 54.6 Å². The normalized spacial score (nSPS) is 13.8. The number of hydrogen-bond acceptors (Lipinski definition) is 2. The highest BCUT2D eigenvalue weighted by atomic mass is 28.3. The van der Waals surface area contributed by atoms with Crippen LogP contribution in [0, 0.1) is 6.04 Å². The van der Waals surface area contributed by atoms with Crippen molar-refractivity contribution in [3.8, 4) is 0 Å². The van der Waals surface area contributed by atoms with Crippen LogP contribution in [0.1, 0.15) is 63.8 Å². The maximum Gasteiger partial charge on any atom is 0.135 e. The minimum absolute atomic E-state index is 0.153. The van der Waals surface area contributed by atoms with Crippen LogP contribution in [-0.4, -0.2) is 16.5 Å². The molecule has 0 aliphatic carbocycles. The van der Waals surface area contributed by atoms with E-state index in [1.807, 2.05) is 0 Å². The Morgan fingerprint density at radius 3 is 1.45 bits per heavy atom. The van der Waals surface area contributed by atoms with E-state index in [4.69, 9.17) is 0 Å². The fourth-order valence-electron chi connectivity index (χ4n) is 3.64. The summed E-state index contributed by atoms with van der Waals surface area (Å²) in [5.74, 6) is 0. The summed E-state index contributed by atoms with van der Waals surface area (Å²) in [6, 6.07) is 19.4. The first-order valence-corrected chi connectivity index (χ1v) is 19.2. The second kappa shape index (κ2) is 9.85. The maximum absolute atomic E-state index is 3.91. The molecular weight excluding hydrogens is 433 g/mol. The van der Waals surface area contributed by atoms with Gasteiger partial charge in [-0.3, -0.25) is 0 Å². The van der Waals surface area contributed by atoms with Gasteiger partial charge in [0, 0.05) is 0 Å². The summed E-state index contributed by atoms with van der Waals surface area (Å²) in [7, 11) is -3.12. The Balaban J connectivity index is 2.56. The number of nitrogens with one attached hydrogen (secondary N) is 2. The smallest absolute Gasteiger partial charge is 0.135 e. The van der Waals surface area contributed by atoms with Crippen LogP contribution in [0.2, 0.25) is 39.3 Å². The molecular formula is C29H47N2Si2-. The van der Waals surface area contributed by atoms with Gasteiger partial charge in [0.05, 0.1) is 0 Å². The molecule has 33 heavy (non-hydrogen) atoms. The summed E-state index contributed by atoms with van der Waals surface area (Å²) in [4.78, 5) is 7.81. The van der Waals surface area contributed by atoms with Gasteiger partial charge in [-0.05, 0) is 27.7 Å². The summed E-state index contributed by atoms with van der Waals surface area (Å²) in [6.45, 7) is 27.7. The van der Waals surface area contributed by atoms with Crippen LogP contribution >= 0.6 is 0 Å². The third-order valence-electron chi connectivity index (χ3n) is 5.43. The van der Waals surface area contributed by atoms with Gasteiger partial charge >= 0.3 is 0 Å². The van der Waals surface area contributed by atoms with Gasteiger partial charge in [0.2, 0.25) is 0 Å². The first-order chi connectivity index (χ1) is 14.9. The molecule has 0 saturated heterocycles. The minimum Gasteiger partial charge on any atom is -0.450 e. The van der Waals surface area contributed by atoms with E-state index in [2.05, 4.69) is 145 Å². The summed E-state index contributed by atoms with van der Waals surface area (Å²) >= 11 is 0. The van der Waals surface area contributed by atoms with Crippen molar-refractivity contribution in [2.45, 2.75) is 91.7 Å². The van der Waals surface area contributed by atoms with Gasteiger partial charge in [-0.1, -0.05) is 117 Å². The molecule has 0 radical (unpaired) electrons. The fraction of sp³-hybridized carbons (Fsp3) is 0.483. The molecule has 0 heterocycles. The predicted molar refractivity (Wildman–Crippen MR) is 154 cm³/mol. The zero-order chi connectivity index (χ0) is 25.2. The van der Waals surface area contributed by atoms with E-state index < -0.39 is 16.5 Å². The van der Waals surface area contributed by atoms with Gasteiger partial charge in [-0.15, -0.1) is 35.9 Å². The van der Waals surface area contributed by atoms with Crippen molar-refractivity contribution in [2.24, 2.45) is 0 Å². The molecule has 0 aliphatic rings.